The molecular weight excluding hydrogens is 501 g/mol. The van der Waals surface area contributed by atoms with Gasteiger partial charge in [-0.25, -0.2) is 9.36 Å². The van der Waals surface area contributed by atoms with Crippen LogP contribution in [-0.4, -0.2) is 50.4 Å². The number of carbonyl (C=O) groups is 1. The molecule has 1 N–H and O–H groups in total. The van der Waals surface area contributed by atoms with E-state index in [4.69, 9.17) is 9.47 Å². The highest BCUT2D eigenvalue weighted by Crippen LogP contribution is 2.45. The van der Waals surface area contributed by atoms with Gasteiger partial charge in [-0.15, -0.1) is 0 Å². The predicted octanol–water partition coefficient (Wildman–Crippen LogP) is 4.73. The van der Waals surface area contributed by atoms with Gasteiger partial charge in [-0.1, -0.05) is 18.2 Å². The van der Waals surface area contributed by atoms with Gasteiger partial charge in [0, 0.05) is 38.5 Å². The van der Waals surface area contributed by atoms with E-state index in [9.17, 15) is 18.0 Å². The Kier molecular flexibility index (Phi) is 5.73. The van der Waals surface area contributed by atoms with Gasteiger partial charge < -0.3 is 19.7 Å². The van der Waals surface area contributed by atoms with Crippen LogP contribution in [0.2, 0.25) is 0 Å². The fraction of sp³-hybridized carbons (Fsp3) is 0.269. The molecule has 0 spiro atoms. The fourth-order valence-corrected chi connectivity index (χ4v) is 4.74. The molecule has 12 heteroatoms. The van der Waals surface area contributed by atoms with Crippen LogP contribution < -0.4 is 14.8 Å². The molecule has 4 heterocycles. The summed E-state index contributed by atoms with van der Waals surface area (Å²) in [6.45, 7) is 0.332. The number of carbonyl (C=O) groups excluding carboxylic acids is 1. The van der Waals surface area contributed by atoms with Crippen molar-refractivity contribution in [3.8, 4) is 17.2 Å². The van der Waals surface area contributed by atoms with Crippen molar-refractivity contribution >= 4 is 11.7 Å². The van der Waals surface area contributed by atoms with Crippen molar-refractivity contribution in [1.29, 1.82) is 0 Å². The van der Waals surface area contributed by atoms with Crippen LogP contribution in [0.15, 0.2) is 67.0 Å². The Labute approximate surface area is 215 Å². The summed E-state index contributed by atoms with van der Waals surface area (Å²) in [5.74, 6) is 0.683. The maximum atomic E-state index is 14.1. The number of fused-ring (bicyclic) bond motifs is 2. The molecule has 2 aliphatic heterocycles. The van der Waals surface area contributed by atoms with Gasteiger partial charge in [0.25, 0.3) is 5.91 Å². The summed E-state index contributed by atoms with van der Waals surface area (Å²) < 4.78 is 55.5. The number of alkyl halides is 3. The highest BCUT2D eigenvalue weighted by molar-refractivity contribution is 5.93. The van der Waals surface area contributed by atoms with E-state index < -0.39 is 24.2 Å². The lowest BCUT2D eigenvalue weighted by molar-refractivity contribution is -0.173. The van der Waals surface area contributed by atoms with Crippen molar-refractivity contribution in [1.82, 2.24) is 24.5 Å². The van der Waals surface area contributed by atoms with E-state index >= 15 is 0 Å². The minimum Gasteiger partial charge on any atom is -0.454 e. The van der Waals surface area contributed by atoms with Gasteiger partial charge in [-0.2, -0.15) is 23.4 Å². The Hall–Kier alpha value is -4.48. The number of rotatable bonds is 5. The lowest BCUT2D eigenvalue weighted by atomic mass is 9.96. The second kappa shape index (κ2) is 9.12. The summed E-state index contributed by atoms with van der Waals surface area (Å²) in [6.07, 6.45) is -1.34. The monoisotopic (exact) mass is 524 g/mol. The quantitative estimate of drug-likeness (QED) is 0.406. The molecule has 196 valence electrons. The molecule has 0 fully saturated rings. The van der Waals surface area contributed by atoms with Crippen LogP contribution in [0.25, 0.3) is 5.69 Å². The first kappa shape index (κ1) is 23.9. The van der Waals surface area contributed by atoms with E-state index in [1.807, 2.05) is 36.5 Å². The second-order valence-electron chi connectivity index (χ2n) is 9.24. The van der Waals surface area contributed by atoms with Crippen molar-refractivity contribution in [2.24, 2.45) is 0 Å². The highest BCUT2D eigenvalue weighted by Gasteiger charge is 2.47. The molecule has 38 heavy (non-hydrogen) atoms. The standard InChI is InChI=1S/C26H23F3N6O3/c1-33(14-16-3-6-18(7-4-16)34-10-2-9-30-34)25(36)20-13-24-31-19(12-23(26(27,28)29)35(24)32-20)17-5-8-21-22(11-17)38-15-37-21/h2-11,13,19,23,31H,12,14-15H2,1H3/t19-,23+/m1/s1. The molecule has 0 bridgehead atoms. The van der Waals surface area contributed by atoms with Crippen LogP contribution in [0.4, 0.5) is 19.0 Å². The number of nitrogens with zero attached hydrogens (tertiary/aromatic N) is 5. The van der Waals surface area contributed by atoms with Crippen molar-refractivity contribution in [3.05, 3.63) is 83.8 Å². The number of hydrogen-bond donors (Lipinski definition) is 1. The first-order valence-electron chi connectivity index (χ1n) is 11.9. The number of anilines is 1. The number of amides is 1. The molecule has 0 aliphatic carbocycles. The molecule has 2 aromatic heterocycles. The zero-order valence-corrected chi connectivity index (χ0v) is 20.2. The second-order valence-corrected chi connectivity index (χ2v) is 9.24. The van der Waals surface area contributed by atoms with Crippen molar-refractivity contribution in [2.75, 3.05) is 19.2 Å². The minimum absolute atomic E-state index is 0.0660. The van der Waals surface area contributed by atoms with Crippen molar-refractivity contribution in [2.45, 2.75) is 31.2 Å². The fourth-order valence-electron chi connectivity index (χ4n) is 4.74. The summed E-state index contributed by atoms with van der Waals surface area (Å²) in [5.41, 5.74) is 2.29. The molecule has 2 aliphatic rings. The summed E-state index contributed by atoms with van der Waals surface area (Å²) in [7, 11) is 1.59. The van der Waals surface area contributed by atoms with Crippen LogP contribution in [0.5, 0.6) is 11.5 Å². The van der Waals surface area contributed by atoms with Crippen LogP contribution in [0.3, 0.4) is 0 Å². The molecule has 0 unspecified atom stereocenters. The number of aromatic nitrogens is 4. The highest BCUT2D eigenvalue weighted by atomic mass is 19.4. The molecule has 0 saturated carbocycles. The average Bonchev–Trinajstić information content (AvgIpc) is 3.67. The smallest absolute Gasteiger partial charge is 0.410 e. The normalized spacial score (nSPS) is 18.1. The van der Waals surface area contributed by atoms with E-state index in [0.29, 0.717) is 17.1 Å². The molecule has 4 aromatic rings. The van der Waals surface area contributed by atoms with Gasteiger partial charge in [-0.3, -0.25) is 4.79 Å². The average molecular weight is 525 g/mol. The molecule has 6 rings (SSSR count). The van der Waals surface area contributed by atoms with E-state index in [2.05, 4.69) is 15.5 Å². The lowest BCUT2D eigenvalue weighted by Gasteiger charge is -2.33. The van der Waals surface area contributed by atoms with Gasteiger partial charge in [0.1, 0.15) is 5.82 Å². The Bertz CT molecular complexity index is 1470. The number of ether oxygens (including phenoxy) is 2. The van der Waals surface area contributed by atoms with Gasteiger partial charge >= 0.3 is 6.18 Å². The van der Waals surface area contributed by atoms with Crippen molar-refractivity contribution < 1.29 is 27.4 Å². The SMILES string of the molecule is CN(Cc1ccc(-n2cccn2)cc1)C(=O)c1cc2n(n1)[C@H](C(F)(F)F)C[C@H](c1ccc3c(c1)OCO3)N2. The predicted molar refractivity (Wildman–Crippen MR) is 130 cm³/mol. The van der Waals surface area contributed by atoms with Gasteiger partial charge in [0.15, 0.2) is 23.2 Å². The Morgan fingerprint density at radius 3 is 2.66 bits per heavy atom. The third kappa shape index (κ3) is 4.42. The largest absolute Gasteiger partial charge is 0.454 e. The van der Waals surface area contributed by atoms with Crippen molar-refractivity contribution in [3.63, 3.8) is 0 Å². The zero-order chi connectivity index (χ0) is 26.4. The third-order valence-corrected chi connectivity index (χ3v) is 6.68. The van der Waals surface area contributed by atoms with Crippen LogP contribution in [0.1, 0.15) is 40.1 Å². The Morgan fingerprint density at radius 2 is 1.92 bits per heavy atom. The first-order valence-corrected chi connectivity index (χ1v) is 11.9. The number of hydrogen-bond acceptors (Lipinski definition) is 6. The van der Waals surface area contributed by atoms with Gasteiger partial charge in [0.05, 0.1) is 11.7 Å². The van der Waals surface area contributed by atoms with Gasteiger partial charge in [0.2, 0.25) is 6.79 Å². The molecule has 2 atom stereocenters. The maximum absolute atomic E-state index is 14.1. The summed E-state index contributed by atoms with van der Waals surface area (Å²) >= 11 is 0. The molecule has 0 saturated heterocycles. The topological polar surface area (TPSA) is 86.4 Å². The minimum atomic E-state index is -4.56. The molecule has 1 amide bonds. The van der Waals surface area contributed by atoms with Crippen LogP contribution in [-0.2, 0) is 6.54 Å². The molecule has 9 nitrogen and oxygen atoms in total. The Balaban J connectivity index is 1.22. The zero-order valence-electron chi connectivity index (χ0n) is 20.2. The number of nitrogens with one attached hydrogen (secondary N) is 1. The van der Waals surface area contributed by atoms with E-state index in [1.54, 1.807) is 36.1 Å². The molecule has 0 radical (unpaired) electrons. The van der Waals surface area contributed by atoms with E-state index in [0.717, 1.165) is 15.9 Å². The summed E-state index contributed by atoms with van der Waals surface area (Å²) in [4.78, 5) is 14.6. The summed E-state index contributed by atoms with van der Waals surface area (Å²) in [5, 5.41) is 11.4. The lowest BCUT2D eigenvalue weighted by Crippen LogP contribution is -2.35. The first-order chi connectivity index (χ1) is 18.3. The number of halogens is 3. The van der Waals surface area contributed by atoms with Crippen LogP contribution >= 0.6 is 0 Å². The van der Waals surface area contributed by atoms with E-state index in [-0.39, 0.29) is 31.3 Å². The van der Waals surface area contributed by atoms with E-state index in [1.165, 1.54) is 11.0 Å². The molecule has 2 aromatic carbocycles. The third-order valence-electron chi connectivity index (χ3n) is 6.68. The number of benzene rings is 2. The van der Waals surface area contributed by atoms with Crippen LogP contribution in [0, 0.1) is 0 Å². The summed E-state index contributed by atoms with van der Waals surface area (Å²) in [6, 6.07) is 13.2. The molecular formula is C26H23F3N6O3. The Morgan fingerprint density at radius 1 is 1.13 bits per heavy atom. The van der Waals surface area contributed by atoms with Gasteiger partial charge in [-0.05, 0) is 41.5 Å². The maximum Gasteiger partial charge on any atom is 0.410 e.